The fourth-order valence-electron chi connectivity index (χ4n) is 2.55. The van der Waals surface area contributed by atoms with Crippen molar-refractivity contribution < 1.29 is 9.59 Å². The number of carbonyl (C=O) groups is 2. The summed E-state index contributed by atoms with van der Waals surface area (Å²) in [6, 6.07) is 8.76. The highest BCUT2D eigenvalue weighted by atomic mass is 16.1. The number of hydrogen-bond acceptors (Lipinski definition) is 4. The first kappa shape index (κ1) is 15.2. The SMILES string of the molecule is N#Cc1ccc(NC(=O)CCN2CCCCC2C=O)cc1. The van der Waals surface area contributed by atoms with Gasteiger partial charge < -0.3 is 10.1 Å². The third-order valence-electron chi connectivity index (χ3n) is 3.75. The van der Waals surface area contributed by atoms with E-state index in [1.165, 1.54) is 0 Å². The molecule has 1 aliphatic rings. The predicted octanol–water partition coefficient (Wildman–Crippen LogP) is 1.94. The Balaban J connectivity index is 1.81. The minimum atomic E-state index is -0.0741. The number of nitrogens with one attached hydrogen (secondary N) is 1. The number of anilines is 1. The van der Waals surface area contributed by atoms with Gasteiger partial charge in [0, 0.05) is 18.7 Å². The Morgan fingerprint density at radius 2 is 2.14 bits per heavy atom. The van der Waals surface area contributed by atoms with Crippen LogP contribution in [0.2, 0.25) is 0 Å². The molecule has 1 N–H and O–H groups in total. The van der Waals surface area contributed by atoms with Gasteiger partial charge in [-0.2, -0.15) is 5.26 Å². The molecule has 1 atom stereocenters. The number of benzene rings is 1. The number of nitrogens with zero attached hydrogens (tertiary/aromatic N) is 2. The Morgan fingerprint density at radius 3 is 2.81 bits per heavy atom. The average Bonchev–Trinajstić information content (AvgIpc) is 2.54. The lowest BCUT2D eigenvalue weighted by Gasteiger charge is -2.31. The van der Waals surface area contributed by atoms with Crippen LogP contribution in [-0.4, -0.2) is 36.2 Å². The molecule has 0 aromatic heterocycles. The fourth-order valence-corrected chi connectivity index (χ4v) is 2.55. The maximum atomic E-state index is 11.9. The van der Waals surface area contributed by atoms with Gasteiger partial charge in [-0.15, -0.1) is 0 Å². The van der Waals surface area contributed by atoms with Crippen molar-refractivity contribution in [2.75, 3.05) is 18.4 Å². The minimum Gasteiger partial charge on any atom is -0.326 e. The molecular formula is C16H19N3O2. The van der Waals surface area contributed by atoms with E-state index in [9.17, 15) is 9.59 Å². The van der Waals surface area contributed by atoms with E-state index in [0.717, 1.165) is 32.1 Å². The van der Waals surface area contributed by atoms with E-state index in [0.29, 0.717) is 24.2 Å². The highest BCUT2D eigenvalue weighted by Gasteiger charge is 2.21. The minimum absolute atomic E-state index is 0.0403. The van der Waals surface area contributed by atoms with Crippen LogP contribution in [0.5, 0.6) is 0 Å². The maximum Gasteiger partial charge on any atom is 0.225 e. The topological polar surface area (TPSA) is 73.2 Å². The van der Waals surface area contributed by atoms with Crippen molar-refractivity contribution in [2.24, 2.45) is 0 Å². The number of piperidine rings is 1. The van der Waals surface area contributed by atoms with Crippen LogP contribution in [-0.2, 0) is 9.59 Å². The molecule has 5 nitrogen and oxygen atoms in total. The van der Waals surface area contributed by atoms with E-state index in [2.05, 4.69) is 10.2 Å². The quantitative estimate of drug-likeness (QED) is 0.839. The third kappa shape index (κ3) is 4.40. The summed E-state index contributed by atoms with van der Waals surface area (Å²) in [6.45, 7) is 1.49. The van der Waals surface area contributed by atoms with Crippen LogP contribution >= 0.6 is 0 Å². The lowest BCUT2D eigenvalue weighted by atomic mass is 10.0. The van der Waals surface area contributed by atoms with Gasteiger partial charge in [-0.05, 0) is 43.7 Å². The third-order valence-corrected chi connectivity index (χ3v) is 3.75. The highest BCUT2D eigenvalue weighted by Crippen LogP contribution is 2.16. The van der Waals surface area contributed by atoms with E-state index in [1.54, 1.807) is 24.3 Å². The van der Waals surface area contributed by atoms with Crippen molar-refractivity contribution in [3.05, 3.63) is 29.8 Å². The van der Waals surface area contributed by atoms with E-state index in [4.69, 9.17) is 5.26 Å². The van der Waals surface area contributed by atoms with Crippen LogP contribution in [0.1, 0.15) is 31.2 Å². The van der Waals surface area contributed by atoms with Crippen LogP contribution in [0.4, 0.5) is 5.69 Å². The Morgan fingerprint density at radius 1 is 1.38 bits per heavy atom. The normalized spacial score (nSPS) is 18.7. The molecule has 0 bridgehead atoms. The van der Waals surface area contributed by atoms with Crippen molar-refractivity contribution in [1.29, 1.82) is 5.26 Å². The number of carbonyl (C=O) groups excluding carboxylic acids is 2. The molecule has 1 aromatic carbocycles. The lowest BCUT2D eigenvalue weighted by Crippen LogP contribution is -2.41. The summed E-state index contributed by atoms with van der Waals surface area (Å²) in [5.41, 5.74) is 1.25. The van der Waals surface area contributed by atoms with Crippen LogP contribution in [0.25, 0.3) is 0 Å². The van der Waals surface area contributed by atoms with Gasteiger partial charge in [-0.1, -0.05) is 6.42 Å². The molecule has 5 heteroatoms. The van der Waals surface area contributed by atoms with Crippen LogP contribution in [0.3, 0.4) is 0 Å². The molecule has 0 spiro atoms. The van der Waals surface area contributed by atoms with E-state index < -0.39 is 0 Å². The van der Waals surface area contributed by atoms with Crippen molar-refractivity contribution in [2.45, 2.75) is 31.7 Å². The van der Waals surface area contributed by atoms with E-state index in [-0.39, 0.29) is 11.9 Å². The van der Waals surface area contributed by atoms with Crippen LogP contribution in [0.15, 0.2) is 24.3 Å². The van der Waals surface area contributed by atoms with Gasteiger partial charge in [0.2, 0.25) is 5.91 Å². The van der Waals surface area contributed by atoms with Gasteiger partial charge in [0.25, 0.3) is 0 Å². The smallest absolute Gasteiger partial charge is 0.225 e. The van der Waals surface area contributed by atoms with Gasteiger partial charge in [-0.3, -0.25) is 9.69 Å². The zero-order chi connectivity index (χ0) is 15.1. The highest BCUT2D eigenvalue weighted by molar-refractivity contribution is 5.90. The van der Waals surface area contributed by atoms with E-state index >= 15 is 0 Å². The second-order valence-corrected chi connectivity index (χ2v) is 5.22. The molecule has 1 heterocycles. The molecule has 1 saturated heterocycles. The molecule has 2 rings (SSSR count). The van der Waals surface area contributed by atoms with Crippen molar-refractivity contribution in [1.82, 2.24) is 4.90 Å². The lowest BCUT2D eigenvalue weighted by molar-refractivity contribution is -0.118. The molecule has 0 radical (unpaired) electrons. The Kier molecular flexibility index (Phi) is 5.47. The fraction of sp³-hybridized carbons (Fsp3) is 0.438. The molecule has 1 aliphatic heterocycles. The molecule has 110 valence electrons. The van der Waals surface area contributed by atoms with Crippen molar-refractivity contribution in [3.63, 3.8) is 0 Å². The van der Waals surface area contributed by atoms with Crippen molar-refractivity contribution in [3.8, 4) is 6.07 Å². The summed E-state index contributed by atoms with van der Waals surface area (Å²) in [5, 5.41) is 11.5. The number of likely N-dealkylation sites (tertiary alicyclic amines) is 1. The molecule has 21 heavy (non-hydrogen) atoms. The monoisotopic (exact) mass is 285 g/mol. The summed E-state index contributed by atoms with van der Waals surface area (Å²) in [6.07, 6.45) is 4.40. The molecular weight excluding hydrogens is 266 g/mol. The molecule has 1 amide bonds. The van der Waals surface area contributed by atoms with Gasteiger partial charge in [-0.25, -0.2) is 0 Å². The average molecular weight is 285 g/mol. The van der Waals surface area contributed by atoms with Gasteiger partial charge in [0.15, 0.2) is 0 Å². The second-order valence-electron chi connectivity index (χ2n) is 5.22. The molecule has 0 saturated carbocycles. The summed E-state index contributed by atoms with van der Waals surface area (Å²) >= 11 is 0. The van der Waals surface area contributed by atoms with Gasteiger partial charge >= 0.3 is 0 Å². The summed E-state index contributed by atoms with van der Waals surface area (Å²) in [7, 11) is 0. The zero-order valence-electron chi connectivity index (χ0n) is 11.9. The second kappa shape index (κ2) is 7.55. The van der Waals surface area contributed by atoms with Crippen molar-refractivity contribution >= 4 is 17.9 Å². The standard InChI is InChI=1S/C16H19N3O2/c17-11-13-4-6-14(7-5-13)18-16(21)8-10-19-9-2-1-3-15(19)12-20/h4-7,12,15H,1-3,8-10H2,(H,18,21). The number of rotatable bonds is 5. The van der Waals surface area contributed by atoms with Gasteiger partial charge in [0.1, 0.15) is 6.29 Å². The number of nitriles is 1. The molecule has 0 aliphatic carbocycles. The summed E-state index contributed by atoms with van der Waals surface area (Å²) in [5.74, 6) is -0.0741. The molecule has 1 unspecified atom stereocenters. The first-order valence-corrected chi connectivity index (χ1v) is 7.22. The Labute approximate surface area is 124 Å². The predicted molar refractivity (Wildman–Crippen MR) is 79.7 cm³/mol. The maximum absolute atomic E-state index is 11.9. The van der Waals surface area contributed by atoms with Crippen LogP contribution < -0.4 is 5.32 Å². The number of amides is 1. The van der Waals surface area contributed by atoms with E-state index in [1.807, 2.05) is 6.07 Å². The first-order chi connectivity index (χ1) is 10.2. The Hall–Kier alpha value is -2.19. The Bertz CT molecular complexity index is 533. The zero-order valence-corrected chi connectivity index (χ0v) is 11.9. The molecule has 1 aromatic rings. The van der Waals surface area contributed by atoms with Gasteiger partial charge in [0.05, 0.1) is 17.7 Å². The number of hydrogen-bond donors (Lipinski definition) is 1. The first-order valence-electron chi connectivity index (χ1n) is 7.22. The largest absolute Gasteiger partial charge is 0.326 e. The molecule has 1 fully saturated rings. The number of aldehydes is 1. The van der Waals surface area contributed by atoms with Crippen LogP contribution in [0, 0.1) is 11.3 Å². The summed E-state index contributed by atoms with van der Waals surface area (Å²) < 4.78 is 0. The summed E-state index contributed by atoms with van der Waals surface area (Å²) in [4.78, 5) is 25.0.